The van der Waals surface area contributed by atoms with E-state index in [1.54, 1.807) is 7.05 Å². The normalized spacial score (nSPS) is 21.0. The maximum absolute atomic E-state index is 10.4. The van der Waals surface area contributed by atoms with Crippen molar-refractivity contribution < 1.29 is 9.84 Å². The zero-order chi connectivity index (χ0) is 22.1. The second kappa shape index (κ2) is 8.55. The van der Waals surface area contributed by atoms with E-state index in [9.17, 15) is 5.11 Å². The summed E-state index contributed by atoms with van der Waals surface area (Å²) >= 11 is 1.44. The summed E-state index contributed by atoms with van der Waals surface area (Å²) in [7, 11) is 1.65. The number of aliphatic imine (C=N–C) groups is 2. The van der Waals surface area contributed by atoms with Gasteiger partial charge in [-0.25, -0.2) is 4.99 Å². The van der Waals surface area contributed by atoms with E-state index in [2.05, 4.69) is 49.5 Å². The van der Waals surface area contributed by atoms with Gasteiger partial charge in [-0.1, -0.05) is 47.7 Å². The number of aromatic nitrogens is 1. The number of benzene rings is 2. The van der Waals surface area contributed by atoms with E-state index in [1.807, 2.05) is 37.3 Å². The number of hydrogen-bond acceptors (Lipinski definition) is 6. The molecule has 32 heavy (non-hydrogen) atoms. The maximum atomic E-state index is 10.4. The quantitative estimate of drug-likeness (QED) is 0.632. The van der Waals surface area contributed by atoms with E-state index < -0.39 is 0 Å². The number of rotatable bonds is 5. The van der Waals surface area contributed by atoms with E-state index >= 15 is 0 Å². The Labute approximate surface area is 189 Å². The van der Waals surface area contributed by atoms with Crippen LogP contribution >= 0.6 is 11.3 Å². The summed E-state index contributed by atoms with van der Waals surface area (Å²) in [6, 6.07) is 16.6. The van der Waals surface area contributed by atoms with Gasteiger partial charge in [-0.2, -0.15) is 9.98 Å². The smallest absolute Gasteiger partial charge is 0.248 e. The number of guanidine groups is 1. The molecule has 1 unspecified atom stereocenters. The maximum Gasteiger partial charge on any atom is 0.248 e. The van der Waals surface area contributed by atoms with Crippen molar-refractivity contribution in [3.05, 3.63) is 75.1 Å². The lowest BCUT2D eigenvalue weighted by molar-refractivity contribution is 0.328. The van der Waals surface area contributed by atoms with Crippen molar-refractivity contribution in [2.45, 2.75) is 25.3 Å². The molecular weight excluding hydrogens is 422 g/mol. The third-order valence-corrected chi connectivity index (χ3v) is 6.34. The third kappa shape index (κ3) is 4.13. The van der Waals surface area contributed by atoms with Gasteiger partial charge in [-0.05, 0) is 42.3 Å². The van der Waals surface area contributed by atoms with Crippen LogP contribution in [0.2, 0.25) is 0 Å². The van der Waals surface area contributed by atoms with Crippen molar-refractivity contribution in [2.75, 3.05) is 19.0 Å². The van der Waals surface area contributed by atoms with Gasteiger partial charge in [0.1, 0.15) is 0 Å². The molecule has 0 radical (unpaired) electrons. The van der Waals surface area contributed by atoms with E-state index in [4.69, 9.17) is 4.74 Å². The number of fused-ring (bicyclic) bond motifs is 1. The number of hydrogen-bond donors (Lipinski definition) is 2. The van der Waals surface area contributed by atoms with Crippen LogP contribution in [0.15, 0.2) is 63.5 Å². The summed E-state index contributed by atoms with van der Waals surface area (Å²) in [5.74, 6) is 1.41. The summed E-state index contributed by atoms with van der Waals surface area (Å²) in [4.78, 5) is 17.9. The van der Waals surface area contributed by atoms with Crippen molar-refractivity contribution in [3.8, 4) is 5.88 Å². The fraction of sp³-hybridized carbons (Fsp3) is 0.250. The SMILES string of the molecule is CCOC1=NC(=NC)N=c2cc/c(=C/c3sc(NC4C[C@@H]4c4ccccc4)nc3O)cc21. The Bertz CT molecular complexity index is 1330. The van der Waals surface area contributed by atoms with Crippen LogP contribution in [0.5, 0.6) is 5.88 Å². The molecule has 0 amide bonds. The van der Waals surface area contributed by atoms with Crippen molar-refractivity contribution in [3.63, 3.8) is 0 Å². The number of ether oxygens (including phenoxy) is 1. The van der Waals surface area contributed by atoms with Crippen LogP contribution in [0, 0.1) is 0 Å². The lowest BCUT2D eigenvalue weighted by atomic mass is 10.1. The molecule has 2 atom stereocenters. The summed E-state index contributed by atoms with van der Waals surface area (Å²) in [6.45, 7) is 2.41. The Balaban J connectivity index is 1.39. The summed E-state index contributed by atoms with van der Waals surface area (Å²) in [5.41, 5.74) is 2.14. The molecule has 7 nitrogen and oxygen atoms in total. The summed E-state index contributed by atoms with van der Waals surface area (Å²) in [6.07, 6.45) is 2.98. The van der Waals surface area contributed by atoms with Crippen LogP contribution in [0.25, 0.3) is 6.08 Å². The second-order valence-electron chi connectivity index (χ2n) is 7.62. The summed E-state index contributed by atoms with van der Waals surface area (Å²) in [5, 5.41) is 16.2. The fourth-order valence-electron chi connectivity index (χ4n) is 3.76. The van der Waals surface area contributed by atoms with Crippen LogP contribution in [-0.4, -0.2) is 41.6 Å². The number of anilines is 1. The number of nitrogens with one attached hydrogen (secondary N) is 1. The molecule has 162 valence electrons. The molecule has 0 spiro atoms. The zero-order valence-corrected chi connectivity index (χ0v) is 18.6. The second-order valence-corrected chi connectivity index (χ2v) is 8.65. The molecule has 0 saturated heterocycles. The molecule has 2 heterocycles. The zero-order valence-electron chi connectivity index (χ0n) is 17.8. The number of nitrogens with zero attached hydrogens (tertiary/aromatic N) is 4. The first kappa shape index (κ1) is 20.4. The van der Waals surface area contributed by atoms with Gasteiger partial charge in [0.15, 0.2) is 5.13 Å². The van der Waals surface area contributed by atoms with Gasteiger partial charge >= 0.3 is 0 Å². The van der Waals surface area contributed by atoms with E-state index in [1.165, 1.54) is 16.9 Å². The fourth-order valence-corrected chi connectivity index (χ4v) is 4.64. The summed E-state index contributed by atoms with van der Waals surface area (Å²) < 4.78 is 5.70. The highest BCUT2D eigenvalue weighted by Crippen LogP contribution is 2.43. The standard InChI is InChI=1S/C24H23N5O2S/c1-3-31-22-17-11-14(9-10-18(17)26-23(25-2)29-22)12-20-21(30)28-24(32-20)27-19-13-16(19)15-7-5-4-6-8-15/h4-12,16,19,30H,3,13H2,1-2H3,(H,27,28)/b14-12-,25-23?/t16-,19?/m1/s1. The molecule has 2 N–H and O–H groups in total. The Kier molecular flexibility index (Phi) is 5.45. The molecule has 1 aliphatic heterocycles. The molecule has 2 aromatic carbocycles. The third-order valence-electron chi connectivity index (χ3n) is 5.41. The van der Waals surface area contributed by atoms with Gasteiger partial charge in [0, 0.05) is 19.0 Å². The number of aromatic hydroxyl groups is 1. The van der Waals surface area contributed by atoms with Gasteiger partial charge in [-0.3, -0.25) is 4.99 Å². The minimum Gasteiger partial charge on any atom is -0.492 e. The van der Waals surface area contributed by atoms with Crippen LogP contribution in [0.4, 0.5) is 5.13 Å². The highest BCUT2D eigenvalue weighted by atomic mass is 32.1. The molecule has 5 rings (SSSR count). The Morgan fingerprint density at radius 3 is 2.84 bits per heavy atom. The van der Waals surface area contributed by atoms with Gasteiger partial charge < -0.3 is 15.2 Å². The van der Waals surface area contributed by atoms with Gasteiger partial charge in [0.2, 0.25) is 17.7 Å². The highest BCUT2D eigenvalue weighted by molar-refractivity contribution is 7.16. The molecule has 1 aliphatic carbocycles. The molecular formula is C24H23N5O2S. The first-order valence-electron chi connectivity index (χ1n) is 10.5. The molecule has 1 saturated carbocycles. The van der Waals surface area contributed by atoms with Crippen LogP contribution in [0.1, 0.15) is 35.3 Å². The lowest BCUT2D eigenvalue weighted by Crippen LogP contribution is -2.27. The molecule has 0 bridgehead atoms. The number of thiazole rings is 1. The Hall–Kier alpha value is -3.52. The minimum absolute atomic E-state index is 0.0240. The topological polar surface area (TPSA) is 91.5 Å². The molecule has 8 heteroatoms. The van der Waals surface area contributed by atoms with Crippen LogP contribution in [-0.2, 0) is 4.74 Å². The Morgan fingerprint density at radius 1 is 1.22 bits per heavy atom. The van der Waals surface area contributed by atoms with E-state index in [-0.39, 0.29) is 5.88 Å². The van der Waals surface area contributed by atoms with Crippen molar-refractivity contribution in [1.29, 1.82) is 0 Å². The highest BCUT2D eigenvalue weighted by Gasteiger charge is 2.38. The van der Waals surface area contributed by atoms with Crippen LogP contribution in [0.3, 0.4) is 0 Å². The minimum atomic E-state index is 0.0240. The average molecular weight is 446 g/mol. The van der Waals surface area contributed by atoms with E-state index in [0.717, 1.165) is 27.7 Å². The molecule has 1 aromatic heterocycles. The predicted octanol–water partition coefficient (Wildman–Crippen LogP) is 3.05. The van der Waals surface area contributed by atoms with Crippen molar-refractivity contribution >= 4 is 34.4 Å². The van der Waals surface area contributed by atoms with Gasteiger partial charge in [0.05, 0.1) is 22.4 Å². The van der Waals surface area contributed by atoms with Crippen molar-refractivity contribution in [2.24, 2.45) is 15.0 Å². The van der Waals surface area contributed by atoms with Crippen LogP contribution < -0.4 is 15.9 Å². The van der Waals surface area contributed by atoms with E-state index in [0.29, 0.717) is 35.3 Å². The molecule has 1 fully saturated rings. The average Bonchev–Trinajstić information content (AvgIpc) is 3.49. The lowest BCUT2D eigenvalue weighted by Gasteiger charge is -2.11. The largest absolute Gasteiger partial charge is 0.492 e. The van der Waals surface area contributed by atoms with Crippen molar-refractivity contribution in [1.82, 2.24) is 4.98 Å². The molecule has 2 aliphatic rings. The first-order valence-corrected chi connectivity index (χ1v) is 11.4. The van der Waals surface area contributed by atoms with Gasteiger partial charge in [-0.15, -0.1) is 0 Å². The van der Waals surface area contributed by atoms with Gasteiger partial charge in [0.25, 0.3) is 0 Å². The monoisotopic (exact) mass is 445 g/mol. The molecule has 3 aromatic rings. The first-order chi connectivity index (χ1) is 15.6. The predicted molar refractivity (Wildman–Crippen MR) is 127 cm³/mol. The Morgan fingerprint density at radius 2 is 2.06 bits per heavy atom.